The zero-order valence-corrected chi connectivity index (χ0v) is 14.2. The molecule has 3 aromatic rings. The summed E-state index contributed by atoms with van der Waals surface area (Å²) in [5.74, 6) is 1.35. The van der Waals surface area contributed by atoms with Crippen molar-refractivity contribution in [1.29, 1.82) is 0 Å². The SMILES string of the molecule is Cc1ccc(C(CN)CCCOc2ccc3ccccc3c2)cc1. The van der Waals surface area contributed by atoms with Crippen molar-refractivity contribution in [2.45, 2.75) is 25.7 Å². The summed E-state index contributed by atoms with van der Waals surface area (Å²) in [6.45, 7) is 3.51. The van der Waals surface area contributed by atoms with Crippen molar-refractivity contribution >= 4 is 10.8 Å². The summed E-state index contributed by atoms with van der Waals surface area (Å²) in [5.41, 5.74) is 8.57. The Balaban J connectivity index is 1.52. The molecule has 0 fully saturated rings. The molecule has 0 radical (unpaired) electrons. The van der Waals surface area contributed by atoms with Gasteiger partial charge >= 0.3 is 0 Å². The van der Waals surface area contributed by atoms with Gasteiger partial charge in [0.05, 0.1) is 6.61 Å². The molecule has 0 heterocycles. The summed E-state index contributed by atoms with van der Waals surface area (Å²) in [7, 11) is 0. The van der Waals surface area contributed by atoms with E-state index in [9.17, 15) is 0 Å². The van der Waals surface area contributed by atoms with Crippen molar-refractivity contribution in [2.24, 2.45) is 5.73 Å². The number of rotatable bonds is 7. The van der Waals surface area contributed by atoms with Gasteiger partial charge in [-0.15, -0.1) is 0 Å². The molecule has 0 aliphatic rings. The van der Waals surface area contributed by atoms with Gasteiger partial charge in [-0.3, -0.25) is 0 Å². The number of hydrogen-bond donors (Lipinski definition) is 1. The number of benzene rings is 3. The number of aryl methyl sites for hydroxylation is 1. The molecule has 0 saturated carbocycles. The highest BCUT2D eigenvalue weighted by molar-refractivity contribution is 5.83. The van der Waals surface area contributed by atoms with Gasteiger partial charge in [-0.05, 0) is 60.7 Å². The predicted molar refractivity (Wildman–Crippen MR) is 102 cm³/mol. The largest absolute Gasteiger partial charge is 0.494 e. The molecule has 2 nitrogen and oxygen atoms in total. The fourth-order valence-electron chi connectivity index (χ4n) is 3.04. The third-order valence-electron chi connectivity index (χ3n) is 4.52. The summed E-state index contributed by atoms with van der Waals surface area (Å²) in [6.07, 6.45) is 2.05. The van der Waals surface area contributed by atoms with Gasteiger partial charge in [-0.25, -0.2) is 0 Å². The fraction of sp³-hybridized carbons (Fsp3) is 0.273. The second-order valence-corrected chi connectivity index (χ2v) is 6.34. The second kappa shape index (κ2) is 7.98. The van der Waals surface area contributed by atoms with Gasteiger partial charge in [0.2, 0.25) is 0 Å². The molecule has 3 aromatic carbocycles. The fourth-order valence-corrected chi connectivity index (χ4v) is 3.04. The summed E-state index contributed by atoms with van der Waals surface area (Å²) in [4.78, 5) is 0. The minimum atomic E-state index is 0.408. The second-order valence-electron chi connectivity index (χ2n) is 6.34. The Kier molecular flexibility index (Phi) is 5.50. The number of ether oxygens (including phenoxy) is 1. The lowest BCUT2D eigenvalue weighted by Crippen LogP contribution is -2.13. The van der Waals surface area contributed by atoms with Crippen LogP contribution in [0.5, 0.6) is 5.75 Å². The van der Waals surface area contributed by atoms with Crippen molar-refractivity contribution in [3.8, 4) is 5.75 Å². The lowest BCUT2D eigenvalue weighted by Gasteiger charge is -2.16. The van der Waals surface area contributed by atoms with E-state index in [0.29, 0.717) is 12.5 Å². The number of fused-ring (bicyclic) bond motifs is 1. The highest BCUT2D eigenvalue weighted by Crippen LogP contribution is 2.23. The molecular formula is C22H25NO. The molecule has 0 aliphatic carbocycles. The highest BCUT2D eigenvalue weighted by atomic mass is 16.5. The number of nitrogens with two attached hydrogens (primary N) is 1. The van der Waals surface area contributed by atoms with E-state index >= 15 is 0 Å². The molecule has 0 bridgehead atoms. The molecule has 0 saturated heterocycles. The minimum Gasteiger partial charge on any atom is -0.494 e. The monoisotopic (exact) mass is 319 g/mol. The molecule has 1 atom stereocenters. The van der Waals surface area contributed by atoms with E-state index in [4.69, 9.17) is 10.5 Å². The smallest absolute Gasteiger partial charge is 0.119 e. The topological polar surface area (TPSA) is 35.2 Å². The van der Waals surface area contributed by atoms with Crippen LogP contribution in [-0.4, -0.2) is 13.2 Å². The van der Waals surface area contributed by atoms with Gasteiger partial charge in [0.1, 0.15) is 5.75 Å². The zero-order valence-electron chi connectivity index (χ0n) is 14.2. The van der Waals surface area contributed by atoms with Crippen LogP contribution >= 0.6 is 0 Å². The molecule has 24 heavy (non-hydrogen) atoms. The Hall–Kier alpha value is -2.32. The summed E-state index contributed by atoms with van der Waals surface area (Å²) in [5, 5.41) is 2.46. The van der Waals surface area contributed by atoms with Crippen LogP contribution in [-0.2, 0) is 0 Å². The maximum atomic E-state index is 5.96. The predicted octanol–water partition coefficient (Wildman–Crippen LogP) is 5.05. The lowest BCUT2D eigenvalue weighted by atomic mass is 9.94. The first-order valence-electron chi connectivity index (χ1n) is 8.64. The zero-order chi connectivity index (χ0) is 16.8. The van der Waals surface area contributed by atoms with Crippen LogP contribution in [0.1, 0.15) is 29.9 Å². The Labute approximate surface area is 144 Å². The average Bonchev–Trinajstić information content (AvgIpc) is 2.63. The average molecular weight is 319 g/mol. The van der Waals surface area contributed by atoms with Gasteiger partial charge in [0.15, 0.2) is 0 Å². The number of hydrogen-bond acceptors (Lipinski definition) is 2. The van der Waals surface area contributed by atoms with E-state index in [2.05, 4.69) is 67.6 Å². The molecule has 2 heteroatoms. The van der Waals surface area contributed by atoms with Gasteiger partial charge in [0.25, 0.3) is 0 Å². The molecule has 1 unspecified atom stereocenters. The van der Waals surface area contributed by atoms with E-state index in [1.54, 1.807) is 0 Å². The van der Waals surface area contributed by atoms with E-state index < -0.39 is 0 Å². The Morgan fingerprint density at radius 1 is 0.917 bits per heavy atom. The molecule has 3 rings (SSSR count). The van der Waals surface area contributed by atoms with Crippen molar-refractivity contribution in [1.82, 2.24) is 0 Å². The van der Waals surface area contributed by atoms with Crippen LogP contribution in [0.15, 0.2) is 66.7 Å². The molecular weight excluding hydrogens is 294 g/mol. The van der Waals surface area contributed by atoms with Gasteiger partial charge in [0, 0.05) is 0 Å². The Morgan fingerprint density at radius 3 is 2.42 bits per heavy atom. The quantitative estimate of drug-likeness (QED) is 0.618. The summed E-state index contributed by atoms with van der Waals surface area (Å²) >= 11 is 0. The standard InChI is InChI=1S/C22H25NO/c1-17-8-10-19(11-9-17)21(16-23)7-4-14-24-22-13-12-18-5-2-3-6-20(18)15-22/h2-3,5-6,8-13,15,21H,4,7,14,16,23H2,1H3. The molecule has 2 N–H and O–H groups in total. The van der Waals surface area contributed by atoms with Crippen LogP contribution in [0.25, 0.3) is 10.8 Å². The third-order valence-corrected chi connectivity index (χ3v) is 4.52. The van der Waals surface area contributed by atoms with E-state index in [1.807, 2.05) is 6.07 Å². The van der Waals surface area contributed by atoms with E-state index in [1.165, 1.54) is 21.9 Å². The first kappa shape index (κ1) is 16.5. The maximum absolute atomic E-state index is 5.96. The van der Waals surface area contributed by atoms with Gasteiger partial charge < -0.3 is 10.5 Å². The molecule has 0 aliphatic heterocycles. The molecule has 0 spiro atoms. The first-order valence-corrected chi connectivity index (χ1v) is 8.64. The van der Waals surface area contributed by atoms with Gasteiger partial charge in [-0.2, -0.15) is 0 Å². The van der Waals surface area contributed by atoms with Gasteiger partial charge in [-0.1, -0.05) is 60.2 Å². The Morgan fingerprint density at radius 2 is 1.67 bits per heavy atom. The van der Waals surface area contributed by atoms with Crippen LogP contribution in [0.3, 0.4) is 0 Å². The first-order chi connectivity index (χ1) is 11.8. The molecule has 0 amide bonds. The molecule has 0 aromatic heterocycles. The third kappa shape index (κ3) is 4.15. The van der Waals surface area contributed by atoms with Crippen LogP contribution in [0, 0.1) is 6.92 Å². The lowest BCUT2D eigenvalue weighted by molar-refractivity contribution is 0.302. The van der Waals surface area contributed by atoms with E-state index in [0.717, 1.165) is 25.2 Å². The van der Waals surface area contributed by atoms with E-state index in [-0.39, 0.29) is 0 Å². The normalized spacial score (nSPS) is 12.2. The summed E-state index contributed by atoms with van der Waals surface area (Å²) < 4.78 is 5.92. The minimum absolute atomic E-state index is 0.408. The van der Waals surface area contributed by atoms with Crippen molar-refractivity contribution in [2.75, 3.05) is 13.2 Å². The van der Waals surface area contributed by atoms with Crippen molar-refractivity contribution in [3.63, 3.8) is 0 Å². The van der Waals surface area contributed by atoms with Crippen molar-refractivity contribution in [3.05, 3.63) is 77.9 Å². The van der Waals surface area contributed by atoms with Crippen LogP contribution < -0.4 is 10.5 Å². The summed E-state index contributed by atoms with van der Waals surface area (Å²) in [6, 6.07) is 23.3. The Bertz CT molecular complexity index is 779. The molecule has 124 valence electrons. The van der Waals surface area contributed by atoms with Crippen molar-refractivity contribution < 1.29 is 4.74 Å². The highest BCUT2D eigenvalue weighted by Gasteiger charge is 2.09. The maximum Gasteiger partial charge on any atom is 0.119 e. The van der Waals surface area contributed by atoms with Crippen LogP contribution in [0.2, 0.25) is 0 Å². The van der Waals surface area contributed by atoms with Crippen LogP contribution in [0.4, 0.5) is 0 Å².